The molecule has 1 unspecified atom stereocenters. The minimum atomic E-state index is -0.942. The number of hydrogen-bond acceptors (Lipinski definition) is 5. The molecule has 0 saturated heterocycles. The van der Waals surface area contributed by atoms with Gasteiger partial charge in [0.25, 0.3) is 0 Å². The second-order valence-electron chi connectivity index (χ2n) is 4.63. The molecule has 0 aliphatic carbocycles. The highest BCUT2D eigenvalue weighted by Gasteiger charge is 2.17. The van der Waals surface area contributed by atoms with Crippen LogP contribution in [0, 0.1) is 0 Å². The third-order valence-corrected chi connectivity index (χ3v) is 1.67. The predicted molar refractivity (Wildman–Crippen MR) is 66.8 cm³/mol. The number of hydrogen-bond donors (Lipinski definition) is 1. The lowest BCUT2D eigenvalue weighted by Gasteiger charge is -2.19. The summed E-state index contributed by atoms with van der Waals surface area (Å²) in [6.07, 6.45) is 4.41. The van der Waals surface area contributed by atoms with Gasteiger partial charge in [-0.25, -0.2) is 4.79 Å². The lowest BCUT2D eigenvalue weighted by Crippen LogP contribution is -2.26. The first-order valence-electron chi connectivity index (χ1n) is 5.57. The lowest BCUT2D eigenvalue weighted by atomic mass is 10.2. The molecule has 0 amide bonds. The van der Waals surface area contributed by atoms with Gasteiger partial charge >= 0.3 is 11.9 Å². The monoisotopic (exact) mass is 256 g/mol. The molecule has 1 atom stereocenters. The van der Waals surface area contributed by atoms with Gasteiger partial charge in [-0.2, -0.15) is 0 Å². The van der Waals surface area contributed by atoms with Crippen LogP contribution >= 0.6 is 0 Å². The summed E-state index contributed by atoms with van der Waals surface area (Å²) in [5.74, 6) is -0.960. The maximum atomic E-state index is 11.3. The van der Waals surface area contributed by atoms with Crippen LogP contribution in [-0.2, 0) is 19.1 Å². The Labute approximate surface area is 107 Å². The van der Waals surface area contributed by atoms with Crippen molar-refractivity contribution in [3.05, 3.63) is 24.3 Å². The number of ether oxygens (including phenoxy) is 2. The number of allylic oxidation sites excluding steroid dienone is 2. The Balaban J connectivity index is 4.07. The molecule has 0 radical (unpaired) electrons. The van der Waals surface area contributed by atoms with E-state index in [1.807, 2.05) is 0 Å². The molecule has 0 aliphatic heterocycles. The zero-order valence-electron chi connectivity index (χ0n) is 11.2. The molecule has 102 valence electrons. The Kier molecular flexibility index (Phi) is 6.97. The second kappa shape index (κ2) is 7.66. The van der Waals surface area contributed by atoms with Crippen LogP contribution in [0.1, 0.15) is 27.2 Å². The summed E-state index contributed by atoms with van der Waals surface area (Å²) in [5.41, 5.74) is -0.564. The normalized spacial score (nSPS) is 13.8. The van der Waals surface area contributed by atoms with Crippen molar-refractivity contribution < 1.29 is 24.2 Å². The zero-order valence-corrected chi connectivity index (χ0v) is 11.2. The van der Waals surface area contributed by atoms with Crippen LogP contribution in [0.2, 0.25) is 0 Å². The zero-order chi connectivity index (χ0) is 14.2. The largest absolute Gasteiger partial charge is 0.466 e. The molecule has 0 saturated carbocycles. The Bertz CT molecular complexity index is 336. The summed E-state index contributed by atoms with van der Waals surface area (Å²) in [7, 11) is 1.27. The number of methoxy groups -OCH3 is 1. The molecule has 18 heavy (non-hydrogen) atoms. The third kappa shape index (κ3) is 9.59. The predicted octanol–water partition coefficient (Wildman–Crippen LogP) is 1.36. The topological polar surface area (TPSA) is 72.8 Å². The Morgan fingerprint density at radius 1 is 1.28 bits per heavy atom. The number of aliphatic hydroxyl groups is 1. The lowest BCUT2D eigenvalue weighted by molar-refractivity contribution is -0.156. The first-order valence-corrected chi connectivity index (χ1v) is 5.57. The van der Waals surface area contributed by atoms with Crippen molar-refractivity contribution in [3.63, 3.8) is 0 Å². The van der Waals surface area contributed by atoms with Crippen molar-refractivity contribution >= 4 is 11.9 Å². The Morgan fingerprint density at radius 3 is 2.39 bits per heavy atom. The maximum Gasteiger partial charge on any atom is 0.330 e. The van der Waals surface area contributed by atoms with Crippen molar-refractivity contribution in [2.24, 2.45) is 0 Å². The summed E-state index contributed by atoms with van der Waals surface area (Å²) >= 11 is 0. The molecule has 5 nitrogen and oxygen atoms in total. The Morgan fingerprint density at radius 2 is 1.89 bits per heavy atom. The minimum Gasteiger partial charge on any atom is -0.466 e. The fourth-order valence-electron chi connectivity index (χ4n) is 1.02. The summed E-state index contributed by atoms with van der Waals surface area (Å²) in [6, 6.07) is 0. The van der Waals surface area contributed by atoms with E-state index >= 15 is 0 Å². The van der Waals surface area contributed by atoms with Gasteiger partial charge in [0.1, 0.15) is 5.60 Å². The highest BCUT2D eigenvalue weighted by molar-refractivity contribution is 5.82. The first-order chi connectivity index (χ1) is 8.24. The van der Waals surface area contributed by atoms with Crippen molar-refractivity contribution in [3.8, 4) is 0 Å². The third-order valence-electron chi connectivity index (χ3n) is 1.67. The van der Waals surface area contributed by atoms with E-state index in [1.165, 1.54) is 31.4 Å². The van der Waals surface area contributed by atoms with Gasteiger partial charge < -0.3 is 14.6 Å². The minimum absolute atomic E-state index is 0.125. The molecule has 5 heteroatoms. The summed E-state index contributed by atoms with van der Waals surface area (Å²) in [5, 5.41) is 9.50. The number of esters is 2. The van der Waals surface area contributed by atoms with Gasteiger partial charge in [0.2, 0.25) is 0 Å². The average Bonchev–Trinajstić information content (AvgIpc) is 2.21. The fraction of sp³-hybridized carbons (Fsp3) is 0.538. The molecule has 0 bridgehead atoms. The van der Waals surface area contributed by atoms with Crippen LogP contribution < -0.4 is 0 Å². The van der Waals surface area contributed by atoms with Gasteiger partial charge in [0.05, 0.1) is 19.6 Å². The fourth-order valence-corrected chi connectivity index (χ4v) is 1.02. The molecule has 0 heterocycles. The molecular weight excluding hydrogens is 236 g/mol. The quantitative estimate of drug-likeness (QED) is 0.457. The van der Waals surface area contributed by atoms with Crippen LogP contribution in [-0.4, -0.2) is 35.9 Å². The first kappa shape index (κ1) is 16.4. The standard InChI is InChI=1S/C13H20O5/c1-13(2,3)18-12(16)9-10(14)7-5-6-8-11(15)17-4/h5-8,10,14H,9H2,1-4H3/b7-5+,8-6+. The number of carbonyl (C=O) groups excluding carboxylic acids is 2. The van der Waals surface area contributed by atoms with E-state index in [0.717, 1.165) is 0 Å². The molecule has 0 aliphatic rings. The molecule has 0 aromatic rings. The average molecular weight is 256 g/mol. The van der Waals surface area contributed by atoms with E-state index in [0.29, 0.717) is 0 Å². The van der Waals surface area contributed by atoms with E-state index < -0.39 is 23.6 Å². The van der Waals surface area contributed by atoms with Gasteiger partial charge in [-0.1, -0.05) is 18.2 Å². The van der Waals surface area contributed by atoms with E-state index in [9.17, 15) is 14.7 Å². The van der Waals surface area contributed by atoms with Crippen LogP contribution in [0.4, 0.5) is 0 Å². The molecule has 0 rings (SSSR count). The SMILES string of the molecule is COC(=O)/C=C/C=C/C(O)CC(=O)OC(C)(C)C. The van der Waals surface area contributed by atoms with Crippen LogP contribution in [0.15, 0.2) is 24.3 Å². The van der Waals surface area contributed by atoms with Crippen LogP contribution in [0.25, 0.3) is 0 Å². The van der Waals surface area contributed by atoms with E-state index in [2.05, 4.69) is 4.74 Å². The molecule has 0 fully saturated rings. The van der Waals surface area contributed by atoms with Crippen LogP contribution in [0.5, 0.6) is 0 Å². The molecule has 0 spiro atoms. The molecular formula is C13H20O5. The van der Waals surface area contributed by atoms with Crippen molar-refractivity contribution in [2.75, 3.05) is 7.11 Å². The molecule has 1 N–H and O–H groups in total. The van der Waals surface area contributed by atoms with E-state index in [4.69, 9.17) is 4.74 Å². The van der Waals surface area contributed by atoms with Crippen molar-refractivity contribution in [2.45, 2.75) is 38.9 Å². The van der Waals surface area contributed by atoms with Gasteiger partial charge in [-0.15, -0.1) is 0 Å². The molecule has 0 aromatic heterocycles. The highest BCUT2D eigenvalue weighted by atomic mass is 16.6. The summed E-state index contributed by atoms with van der Waals surface area (Å²) in [6.45, 7) is 5.27. The Hall–Kier alpha value is -1.62. The number of carbonyl (C=O) groups is 2. The highest BCUT2D eigenvalue weighted by Crippen LogP contribution is 2.09. The summed E-state index contributed by atoms with van der Waals surface area (Å²) < 4.78 is 9.43. The summed E-state index contributed by atoms with van der Waals surface area (Å²) in [4.78, 5) is 22.1. The van der Waals surface area contributed by atoms with E-state index in [1.54, 1.807) is 20.8 Å². The van der Waals surface area contributed by atoms with Crippen LogP contribution in [0.3, 0.4) is 0 Å². The van der Waals surface area contributed by atoms with Gasteiger partial charge in [-0.3, -0.25) is 4.79 Å². The number of aliphatic hydroxyl groups excluding tert-OH is 1. The second-order valence-corrected chi connectivity index (χ2v) is 4.63. The van der Waals surface area contributed by atoms with Crippen molar-refractivity contribution in [1.82, 2.24) is 0 Å². The van der Waals surface area contributed by atoms with Gasteiger partial charge in [-0.05, 0) is 20.8 Å². The van der Waals surface area contributed by atoms with Gasteiger partial charge in [0, 0.05) is 6.08 Å². The smallest absolute Gasteiger partial charge is 0.330 e. The number of rotatable bonds is 5. The van der Waals surface area contributed by atoms with Gasteiger partial charge in [0.15, 0.2) is 0 Å². The van der Waals surface area contributed by atoms with Crippen molar-refractivity contribution in [1.29, 1.82) is 0 Å². The van der Waals surface area contributed by atoms with E-state index in [-0.39, 0.29) is 6.42 Å². The maximum absolute atomic E-state index is 11.3. The molecule has 0 aromatic carbocycles.